The molecule has 228 valence electrons. The number of amides is 1. The summed E-state index contributed by atoms with van der Waals surface area (Å²) in [5, 5.41) is 6.55. The first kappa shape index (κ1) is 29.3. The molecule has 0 unspecified atom stereocenters. The summed E-state index contributed by atoms with van der Waals surface area (Å²) in [6, 6.07) is 15.4. The van der Waals surface area contributed by atoms with Crippen molar-refractivity contribution in [3.05, 3.63) is 101 Å². The monoisotopic (exact) mass is 620 g/mol. The van der Waals surface area contributed by atoms with E-state index in [2.05, 4.69) is 47.6 Å². The van der Waals surface area contributed by atoms with Crippen LogP contribution in [0.5, 0.6) is 5.75 Å². The second-order valence-corrected chi connectivity index (χ2v) is 12.2. The maximum atomic E-state index is 14.6. The lowest BCUT2D eigenvalue weighted by molar-refractivity contribution is -0.126. The number of rotatable bonds is 8. The molecule has 9 heteroatoms. The van der Waals surface area contributed by atoms with Crippen molar-refractivity contribution < 1.29 is 18.7 Å². The summed E-state index contributed by atoms with van der Waals surface area (Å²) in [4.78, 5) is 24.5. The molecule has 2 aromatic carbocycles. The summed E-state index contributed by atoms with van der Waals surface area (Å²) in [5.41, 5.74) is 9.68. The smallest absolute Gasteiger partial charge is 0.246 e. The second-order valence-electron chi connectivity index (χ2n) is 11.3. The quantitative estimate of drug-likeness (QED) is 0.156. The second kappa shape index (κ2) is 12.5. The Morgan fingerprint density at radius 3 is 2.82 bits per heavy atom. The highest BCUT2D eigenvalue weighted by molar-refractivity contribution is 7.18. The van der Waals surface area contributed by atoms with Gasteiger partial charge in [-0.3, -0.25) is 9.78 Å². The molecule has 0 fully saturated rings. The molecular weight excluding hydrogens is 587 g/mol. The SMILES string of the molecule is C=CC(=O)N1CCc2ncc(-c3nc(-c4ccc5c(c4)CCNC5)c4ccsc4c3-c3ccc(F)cc3OCCOC)cc2C1. The van der Waals surface area contributed by atoms with E-state index in [4.69, 9.17) is 19.4 Å². The van der Waals surface area contributed by atoms with Gasteiger partial charge < -0.3 is 19.7 Å². The molecule has 3 aromatic heterocycles. The van der Waals surface area contributed by atoms with Gasteiger partial charge in [0.15, 0.2) is 0 Å². The molecule has 0 atom stereocenters. The maximum Gasteiger partial charge on any atom is 0.246 e. The minimum atomic E-state index is -0.384. The molecule has 7 rings (SSSR count). The van der Waals surface area contributed by atoms with Crippen molar-refractivity contribution in [1.82, 2.24) is 20.2 Å². The van der Waals surface area contributed by atoms with Gasteiger partial charge in [0, 0.05) is 83.5 Å². The Bertz CT molecular complexity index is 1940. The van der Waals surface area contributed by atoms with Gasteiger partial charge in [0.1, 0.15) is 18.2 Å². The van der Waals surface area contributed by atoms with E-state index < -0.39 is 0 Å². The standard InChI is InChI=1S/C36H33FN4O3S/c1-3-32(42)41-12-9-30-26(21-41)17-25(20-39-30)35-33(28-7-6-27(37)18-31(28)44-14-13-43-2)36-29(10-15-45-36)34(40-35)23-4-5-24-19-38-11-8-22(24)16-23/h3-7,10,15-18,20,38H,1,8-9,11-14,19,21H2,2H3. The molecule has 5 aromatic rings. The van der Waals surface area contributed by atoms with Gasteiger partial charge in [-0.1, -0.05) is 18.7 Å². The molecule has 2 aliphatic rings. The molecule has 5 heterocycles. The largest absolute Gasteiger partial charge is 0.490 e. The Morgan fingerprint density at radius 1 is 1.07 bits per heavy atom. The van der Waals surface area contributed by atoms with Gasteiger partial charge in [-0.15, -0.1) is 11.3 Å². The number of hydrogen-bond donors (Lipinski definition) is 1. The van der Waals surface area contributed by atoms with Crippen molar-refractivity contribution >= 4 is 27.3 Å². The van der Waals surface area contributed by atoms with Crippen molar-refractivity contribution in [2.24, 2.45) is 0 Å². The molecule has 2 aliphatic heterocycles. The van der Waals surface area contributed by atoms with Crippen molar-refractivity contribution in [3.63, 3.8) is 0 Å². The first-order valence-corrected chi connectivity index (χ1v) is 16.0. The molecule has 1 N–H and O–H groups in total. The van der Waals surface area contributed by atoms with E-state index in [0.717, 1.165) is 74.5 Å². The van der Waals surface area contributed by atoms with Gasteiger partial charge in [-0.2, -0.15) is 0 Å². The Labute approximate surface area is 265 Å². The number of aromatic nitrogens is 2. The van der Waals surface area contributed by atoms with E-state index in [1.807, 2.05) is 6.20 Å². The van der Waals surface area contributed by atoms with E-state index in [1.165, 1.54) is 29.3 Å². The molecule has 0 spiro atoms. The van der Waals surface area contributed by atoms with Gasteiger partial charge in [-0.25, -0.2) is 9.37 Å². The molecular formula is C36H33FN4O3S. The van der Waals surface area contributed by atoms with E-state index in [-0.39, 0.29) is 18.3 Å². The number of nitrogens with one attached hydrogen (secondary N) is 1. The number of carbonyl (C=O) groups is 1. The summed E-state index contributed by atoms with van der Waals surface area (Å²) in [7, 11) is 1.61. The number of ether oxygens (including phenoxy) is 2. The Hall–Kier alpha value is -4.44. The highest BCUT2D eigenvalue weighted by Gasteiger charge is 2.25. The van der Waals surface area contributed by atoms with Crippen molar-refractivity contribution in [2.45, 2.75) is 25.9 Å². The van der Waals surface area contributed by atoms with Crippen LogP contribution in [0.3, 0.4) is 0 Å². The fourth-order valence-corrected chi connectivity index (χ4v) is 7.21. The van der Waals surface area contributed by atoms with Crippen LogP contribution in [-0.2, 0) is 35.5 Å². The first-order chi connectivity index (χ1) is 22.0. The predicted octanol–water partition coefficient (Wildman–Crippen LogP) is 6.57. The molecule has 0 saturated carbocycles. The summed E-state index contributed by atoms with van der Waals surface area (Å²) in [6.07, 6.45) is 4.86. The third-order valence-corrected chi connectivity index (χ3v) is 9.46. The average Bonchev–Trinajstić information content (AvgIpc) is 3.57. The van der Waals surface area contributed by atoms with Crippen molar-refractivity contribution in [3.8, 4) is 39.4 Å². The molecule has 45 heavy (non-hydrogen) atoms. The zero-order valence-corrected chi connectivity index (χ0v) is 25.9. The van der Waals surface area contributed by atoms with E-state index in [0.29, 0.717) is 31.9 Å². The number of pyridine rings is 2. The topological polar surface area (TPSA) is 76.6 Å². The first-order valence-electron chi connectivity index (χ1n) is 15.1. The van der Waals surface area contributed by atoms with Crippen LogP contribution in [-0.4, -0.2) is 54.2 Å². The fourth-order valence-electron chi connectivity index (χ4n) is 6.26. The minimum absolute atomic E-state index is 0.0982. The third-order valence-electron chi connectivity index (χ3n) is 8.53. The lowest BCUT2D eigenvalue weighted by Gasteiger charge is -2.27. The Kier molecular flexibility index (Phi) is 8.14. The molecule has 0 radical (unpaired) electrons. The number of halogens is 1. The highest BCUT2D eigenvalue weighted by atomic mass is 32.1. The van der Waals surface area contributed by atoms with Gasteiger partial charge in [0.2, 0.25) is 5.91 Å². The zero-order chi connectivity index (χ0) is 30.9. The van der Waals surface area contributed by atoms with Gasteiger partial charge in [0.05, 0.1) is 18.0 Å². The van der Waals surface area contributed by atoms with Crippen molar-refractivity contribution in [1.29, 1.82) is 0 Å². The van der Waals surface area contributed by atoms with E-state index >= 15 is 0 Å². The summed E-state index contributed by atoms with van der Waals surface area (Å²) < 4.78 is 26.9. The number of fused-ring (bicyclic) bond motifs is 3. The Balaban J connectivity index is 1.45. The number of thiophene rings is 1. The van der Waals surface area contributed by atoms with E-state index in [9.17, 15) is 9.18 Å². The van der Waals surface area contributed by atoms with Gasteiger partial charge >= 0.3 is 0 Å². The lowest BCUT2D eigenvalue weighted by Crippen LogP contribution is -2.35. The molecule has 0 bridgehead atoms. The summed E-state index contributed by atoms with van der Waals surface area (Å²) in [6.45, 7) is 7.18. The maximum absolute atomic E-state index is 14.6. The van der Waals surface area contributed by atoms with Crippen LogP contribution in [0.1, 0.15) is 22.4 Å². The number of benzene rings is 2. The van der Waals surface area contributed by atoms with Crippen LogP contribution < -0.4 is 10.1 Å². The number of carbonyl (C=O) groups excluding carboxylic acids is 1. The normalized spacial score (nSPS) is 14.2. The summed E-state index contributed by atoms with van der Waals surface area (Å²) >= 11 is 1.62. The number of methoxy groups -OCH3 is 1. The average molecular weight is 621 g/mol. The zero-order valence-electron chi connectivity index (χ0n) is 25.1. The lowest BCUT2D eigenvalue weighted by atomic mass is 9.92. The molecule has 0 saturated heterocycles. The van der Waals surface area contributed by atoms with Gasteiger partial charge in [-0.05, 0) is 71.4 Å². The van der Waals surface area contributed by atoms with Crippen LogP contribution in [0, 0.1) is 5.82 Å². The minimum Gasteiger partial charge on any atom is -0.490 e. The van der Waals surface area contributed by atoms with Crippen LogP contribution in [0.25, 0.3) is 43.7 Å². The highest BCUT2D eigenvalue weighted by Crippen LogP contribution is 2.46. The molecule has 7 nitrogen and oxygen atoms in total. The third kappa shape index (κ3) is 5.63. The fraction of sp³-hybridized carbons (Fsp3) is 0.250. The van der Waals surface area contributed by atoms with Crippen LogP contribution in [0.4, 0.5) is 4.39 Å². The van der Waals surface area contributed by atoms with Crippen LogP contribution in [0.2, 0.25) is 0 Å². The van der Waals surface area contributed by atoms with Crippen LogP contribution >= 0.6 is 11.3 Å². The van der Waals surface area contributed by atoms with Gasteiger partial charge in [0.25, 0.3) is 0 Å². The Morgan fingerprint density at radius 2 is 1.96 bits per heavy atom. The number of hydrogen-bond acceptors (Lipinski definition) is 7. The molecule has 0 aliphatic carbocycles. The van der Waals surface area contributed by atoms with Crippen LogP contribution in [0.15, 0.2) is 72.8 Å². The summed E-state index contributed by atoms with van der Waals surface area (Å²) in [5.74, 6) is -0.0582. The number of nitrogens with zero attached hydrogens (tertiary/aromatic N) is 3. The van der Waals surface area contributed by atoms with E-state index in [1.54, 1.807) is 29.4 Å². The molecule has 1 amide bonds. The van der Waals surface area contributed by atoms with Crippen molar-refractivity contribution in [2.75, 3.05) is 33.4 Å². The predicted molar refractivity (Wildman–Crippen MR) is 176 cm³/mol.